The number of carbonyl (C=O) groups is 1. The highest BCUT2D eigenvalue weighted by Gasteiger charge is 2.30. The number of aliphatic hydroxyl groups excluding tert-OH is 1. The number of nitrogens with zero attached hydrogens (tertiary/aromatic N) is 1. The Kier molecular flexibility index (Phi) is 7.34. The molecular formula is C18H22ClNO3S. The largest absolute Gasteiger partial charge is 0.399 e. The van der Waals surface area contributed by atoms with Gasteiger partial charge >= 0.3 is 0 Å². The van der Waals surface area contributed by atoms with Crippen molar-refractivity contribution in [2.45, 2.75) is 36.3 Å². The average Bonchev–Trinajstić information content (AvgIpc) is 2.93. The van der Waals surface area contributed by atoms with Gasteiger partial charge in [0.25, 0.3) is 0 Å². The fourth-order valence-corrected chi connectivity index (χ4v) is 4.28. The number of halogens is 1. The number of benzene rings is 1. The summed E-state index contributed by atoms with van der Waals surface area (Å²) in [4.78, 5) is 18.1. The molecule has 0 aromatic heterocycles. The lowest BCUT2D eigenvalue weighted by Gasteiger charge is -2.19. The van der Waals surface area contributed by atoms with E-state index < -0.39 is 0 Å². The Morgan fingerprint density at radius 1 is 1.54 bits per heavy atom. The standard InChI is InChI=1S/C18H22ClNO3S/c1-3-18(24-16-6-4-5-14(19)10-16)13-7-12(17(22)9-13)8-15(11-21)20-23-2/h4-7,10,13,18,21H,3,8-9,11H2,1-2H3/b20-15-. The Morgan fingerprint density at radius 3 is 2.96 bits per heavy atom. The van der Waals surface area contributed by atoms with Crippen LogP contribution >= 0.6 is 23.4 Å². The van der Waals surface area contributed by atoms with Gasteiger partial charge in [0.15, 0.2) is 5.78 Å². The molecule has 1 N–H and O–H groups in total. The first kappa shape index (κ1) is 19.0. The monoisotopic (exact) mass is 367 g/mol. The smallest absolute Gasteiger partial charge is 0.159 e. The first-order valence-corrected chi connectivity index (χ1v) is 9.19. The van der Waals surface area contributed by atoms with Crippen molar-refractivity contribution < 1.29 is 14.7 Å². The van der Waals surface area contributed by atoms with Crippen LogP contribution < -0.4 is 0 Å². The number of ketones is 1. The normalized spacial score (nSPS) is 19.3. The maximum absolute atomic E-state index is 12.3. The van der Waals surface area contributed by atoms with Gasteiger partial charge in [-0.2, -0.15) is 0 Å². The van der Waals surface area contributed by atoms with Gasteiger partial charge in [0.2, 0.25) is 0 Å². The summed E-state index contributed by atoms with van der Waals surface area (Å²) in [5.74, 6) is 0.311. The molecule has 2 rings (SSSR count). The summed E-state index contributed by atoms with van der Waals surface area (Å²) in [5.41, 5.74) is 1.18. The third-order valence-corrected chi connectivity index (χ3v) is 5.70. The highest BCUT2D eigenvalue weighted by molar-refractivity contribution is 8.00. The molecule has 0 saturated heterocycles. The van der Waals surface area contributed by atoms with Crippen LogP contribution in [0.4, 0.5) is 0 Å². The first-order valence-electron chi connectivity index (χ1n) is 7.93. The van der Waals surface area contributed by atoms with E-state index >= 15 is 0 Å². The summed E-state index contributed by atoms with van der Waals surface area (Å²) in [7, 11) is 1.43. The molecule has 6 heteroatoms. The van der Waals surface area contributed by atoms with Crippen LogP contribution in [0.3, 0.4) is 0 Å². The van der Waals surface area contributed by atoms with Crippen molar-refractivity contribution in [1.82, 2.24) is 0 Å². The summed E-state index contributed by atoms with van der Waals surface area (Å²) in [5, 5.41) is 14.1. The van der Waals surface area contributed by atoms with E-state index in [1.807, 2.05) is 30.3 Å². The maximum atomic E-state index is 12.3. The van der Waals surface area contributed by atoms with Crippen molar-refractivity contribution in [3.8, 4) is 0 Å². The van der Waals surface area contributed by atoms with Gasteiger partial charge in [-0.3, -0.25) is 4.79 Å². The highest BCUT2D eigenvalue weighted by atomic mass is 35.5. The molecule has 4 nitrogen and oxygen atoms in total. The molecule has 130 valence electrons. The van der Waals surface area contributed by atoms with E-state index in [1.54, 1.807) is 11.8 Å². The molecule has 0 bridgehead atoms. The minimum atomic E-state index is -0.211. The van der Waals surface area contributed by atoms with Crippen molar-refractivity contribution in [3.63, 3.8) is 0 Å². The Hall–Kier alpha value is -1.30. The molecule has 0 fully saturated rings. The van der Waals surface area contributed by atoms with E-state index in [9.17, 15) is 9.90 Å². The second-order valence-electron chi connectivity index (χ2n) is 5.68. The minimum Gasteiger partial charge on any atom is -0.399 e. The summed E-state index contributed by atoms with van der Waals surface area (Å²) < 4.78 is 0. The summed E-state index contributed by atoms with van der Waals surface area (Å²) in [6.45, 7) is 1.92. The van der Waals surface area contributed by atoms with Crippen molar-refractivity contribution in [2.24, 2.45) is 11.1 Å². The molecule has 0 aliphatic heterocycles. The van der Waals surface area contributed by atoms with Gasteiger partial charge < -0.3 is 9.94 Å². The van der Waals surface area contributed by atoms with Crippen molar-refractivity contribution in [2.75, 3.05) is 13.7 Å². The van der Waals surface area contributed by atoms with Gasteiger partial charge in [-0.25, -0.2) is 0 Å². The third kappa shape index (κ3) is 5.10. The number of allylic oxidation sites excluding steroid dienone is 2. The lowest BCUT2D eigenvalue weighted by molar-refractivity contribution is -0.115. The molecule has 1 aliphatic carbocycles. The van der Waals surface area contributed by atoms with Crippen molar-refractivity contribution in [1.29, 1.82) is 0 Å². The molecule has 2 atom stereocenters. The van der Waals surface area contributed by atoms with E-state index in [1.165, 1.54) is 7.11 Å². The Bertz CT molecular complexity index is 645. The van der Waals surface area contributed by atoms with Crippen LogP contribution in [-0.4, -0.2) is 35.6 Å². The number of Topliss-reactive ketones (excluding diaryl/α,β-unsaturated/α-hetero) is 1. The molecule has 1 aliphatic rings. The topological polar surface area (TPSA) is 58.9 Å². The van der Waals surface area contributed by atoms with Crippen LogP contribution in [-0.2, 0) is 9.63 Å². The Labute approximate surface area is 151 Å². The highest BCUT2D eigenvalue weighted by Crippen LogP contribution is 2.37. The van der Waals surface area contributed by atoms with Gasteiger partial charge in [0.1, 0.15) is 7.11 Å². The molecule has 1 aromatic carbocycles. The van der Waals surface area contributed by atoms with Gasteiger partial charge in [0.05, 0.1) is 12.3 Å². The second-order valence-corrected chi connectivity index (χ2v) is 7.43. The van der Waals surface area contributed by atoms with Crippen LogP contribution in [0.25, 0.3) is 0 Å². The molecular weight excluding hydrogens is 346 g/mol. The molecule has 0 saturated carbocycles. The molecule has 0 spiro atoms. The average molecular weight is 368 g/mol. The van der Waals surface area contributed by atoms with Crippen LogP contribution in [0.1, 0.15) is 26.2 Å². The van der Waals surface area contributed by atoms with Crippen molar-refractivity contribution >= 4 is 34.9 Å². The van der Waals surface area contributed by atoms with Gasteiger partial charge in [-0.05, 0) is 36.1 Å². The van der Waals surface area contributed by atoms with Crippen LogP contribution in [0, 0.1) is 5.92 Å². The molecule has 2 unspecified atom stereocenters. The summed E-state index contributed by atoms with van der Waals surface area (Å²) in [6.07, 6.45) is 3.85. The number of aliphatic hydroxyl groups is 1. The van der Waals surface area contributed by atoms with Gasteiger partial charge in [0, 0.05) is 28.0 Å². The number of carbonyl (C=O) groups excluding carboxylic acids is 1. The van der Waals surface area contributed by atoms with E-state index in [2.05, 4.69) is 12.1 Å². The number of hydrogen-bond donors (Lipinski definition) is 1. The maximum Gasteiger partial charge on any atom is 0.159 e. The minimum absolute atomic E-state index is 0.127. The molecule has 24 heavy (non-hydrogen) atoms. The first-order chi connectivity index (χ1) is 11.6. The van der Waals surface area contributed by atoms with E-state index in [-0.39, 0.29) is 18.3 Å². The van der Waals surface area contributed by atoms with E-state index in [0.717, 1.165) is 21.9 Å². The second kappa shape index (κ2) is 9.25. The fraction of sp³-hybridized carbons (Fsp3) is 0.444. The zero-order valence-electron chi connectivity index (χ0n) is 13.9. The molecule has 0 heterocycles. The SMILES string of the molecule is CCC(Sc1cccc(Cl)c1)C1C=C(C/C(CO)=N/OC)C(=O)C1. The fourth-order valence-electron chi connectivity index (χ4n) is 2.81. The quantitative estimate of drug-likeness (QED) is 0.426. The lowest BCUT2D eigenvalue weighted by Crippen LogP contribution is -2.13. The van der Waals surface area contributed by atoms with Crippen LogP contribution in [0.2, 0.25) is 5.02 Å². The van der Waals surface area contributed by atoms with Gasteiger partial charge in [-0.1, -0.05) is 35.8 Å². The predicted molar refractivity (Wildman–Crippen MR) is 98.7 cm³/mol. The summed E-state index contributed by atoms with van der Waals surface area (Å²) in [6, 6.07) is 7.78. The lowest BCUT2D eigenvalue weighted by atomic mass is 10.0. The van der Waals surface area contributed by atoms with Crippen molar-refractivity contribution in [3.05, 3.63) is 40.9 Å². The number of hydrogen-bond acceptors (Lipinski definition) is 5. The Balaban J connectivity index is 2.09. The van der Waals surface area contributed by atoms with Gasteiger partial charge in [-0.15, -0.1) is 11.8 Å². The predicted octanol–water partition coefficient (Wildman–Crippen LogP) is 4.11. The zero-order chi connectivity index (χ0) is 17.5. The number of rotatable bonds is 8. The zero-order valence-corrected chi connectivity index (χ0v) is 15.4. The van der Waals surface area contributed by atoms with E-state index in [0.29, 0.717) is 23.8 Å². The molecule has 0 radical (unpaired) electrons. The Morgan fingerprint density at radius 2 is 2.33 bits per heavy atom. The number of thioether (sulfide) groups is 1. The third-order valence-electron chi connectivity index (χ3n) is 3.96. The summed E-state index contributed by atoms with van der Waals surface area (Å²) >= 11 is 7.81. The van der Waals surface area contributed by atoms with Crippen LogP contribution in [0.15, 0.2) is 46.0 Å². The van der Waals surface area contributed by atoms with E-state index in [4.69, 9.17) is 16.4 Å². The van der Waals surface area contributed by atoms with Crippen LogP contribution in [0.5, 0.6) is 0 Å². The molecule has 1 aromatic rings. The molecule has 0 amide bonds. The number of oxime groups is 1.